The van der Waals surface area contributed by atoms with Gasteiger partial charge in [-0.25, -0.2) is 4.98 Å². The summed E-state index contributed by atoms with van der Waals surface area (Å²) in [6.45, 7) is 6.72. The van der Waals surface area contributed by atoms with Gasteiger partial charge in [0.05, 0.1) is 18.9 Å². The third-order valence-electron chi connectivity index (χ3n) is 3.89. The highest BCUT2D eigenvalue weighted by molar-refractivity contribution is 7.17. The van der Waals surface area contributed by atoms with Gasteiger partial charge in [-0.15, -0.1) is 11.3 Å². The Labute approximate surface area is 150 Å². The van der Waals surface area contributed by atoms with Crippen LogP contribution in [-0.4, -0.2) is 55.2 Å². The zero-order chi connectivity index (χ0) is 16.9. The largest absolute Gasteiger partial charge is 0.379 e. The molecule has 1 aromatic carbocycles. The summed E-state index contributed by atoms with van der Waals surface area (Å²) in [6.07, 6.45) is 0. The molecule has 1 aliphatic rings. The first-order chi connectivity index (χ1) is 11.6. The minimum absolute atomic E-state index is 0.0634. The van der Waals surface area contributed by atoms with Gasteiger partial charge in [-0.1, -0.05) is 23.7 Å². The molecule has 1 amide bonds. The SMILES string of the molecule is Cc1nc(-c2cccc(Cl)c2)sc1C(=O)NCCN1CCOCC1. The number of aryl methyl sites for hydroxylation is 1. The van der Waals surface area contributed by atoms with Crippen molar-refractivity contribution in [1.82, 2.24) is 15.2 Å². The second-order valence-corrected chi connectivity index (χ2v) is 7.09. The van der Waals surface area contributed by atoms with Gasteiger partial charge in [-0.05, 0) is 19.1 Å². The second kappa shape index (κ2) is 8.07. The minimum Gasteiger partial charge on any atom is -0.379 e. The number of hydrogen-bond acceptors (Lipinski definition) is 5. The normalized spacial score (nSPS) is 15.4. The molecule has 0 radical (unpaired) electrons. The number of nitrogens with zero attached hydrogens (tertiary/aromatic N) is 2. The van der Waals surface area contributed by atoms with Crippen molar-refractivity contribution >= 4 is 28.8 Å². The maximum Gasteiger partial charge on any atom is 0.263 e. The molecule has 0 bridgehead atoms. The molecule has 0 atom stereocenters. The number of amides is 1. The molecule has 1 fully saturated rings. The van der Waals surface area contributed by atoms with Gasteiger partial charge in [-0.2, -0.15) is 0 Å². The van der Waals surface area contributed by atoms with E-state index in [-0.39, 0.29) is 5.91 Å². The van der Waals surface area contributed by atoms with Crippen LogP contribution in [0.25, 0.3) is 10.6 Å². The van der Waals surface area contributed by atoms with Gasteiger partial charge in [-0.3, -0.25) is 9.69 Å². The number of ether oxygens (including phenoxy) is 1. The van der Waals surface area contributed by atoms with Gasteiger partial charge in [0.1, 0.15) is 9.88 Å². The van der Waals surface area contributed by atoms with Gasteiger partial charge in [0.15, 0.2) is 0 Å². The van der Waals surface area contributed by atoms with E-state index in [1.165, 1.54) is 11.3 Å². The molecule has 128 valence electrons. The topological polar surface area (TPSA) is 54.5 Å². The fourth-order valence-corrected chi connectivity index (χ4v) is 3.75. The van der Waals surface area contributed by atoms with E-state index in [0.29, 0.717) is 16.4 Å². The van der Waals surface area contributed by atoms with Crippen LogP contribution in [-0.2, 0) is 4.74 Å². The molecule has 1 saturated heterocycles. The van der Waals surface area contributed by atoms with E-state index in [9.17, 15) is 4.79 Å². The van der Waals surface area contributed by atoms with Crippen molar-refractivity contribution in [2.45, 2.75) is 6.92 Å². The summed E-state index contributed by atoms with van der Waals surface area (Å²) in [5.41, 5.74) is 1.68. The predicted octanol–water partition coefficient (Wildman–Crippen LogP) is 2.83. The van der Waals surface area contributed by atoms with Crippen molar-refractivity contribution in [1.29, 1.82) is 0 Å². The highest BCUT2D eigenvalue weighted by Gasteiger charge is 2.17. The van der Waals surface area contributed by atoms with E-state index in [4.69, 9.17) is 16.3 Å². The average molecular weight is 366 g/mol. The standard InChI is InChI=1S/C17H20ClN3O2S/c1-12-15(16(22)19-5-6-21-7-9-23-10-8-21)24-17(20-12)13-3-2-4-14(18)11-13/h2-4,11H,5-10H2,1H3,(H,19,22). The molecule has 1 N–H and O–H groups in total. The van der Waals surface area contributed by atoms with Gasteiger partial charge in [0.25, 0.3) is 5.91 Å². The molecule has 1 aliphatic heterocycles. The number of carbonyl (C=O) groups excluding carboxylic acids is 1. The molecule has 0 spiro atoms. The fraction of sp³-hybridized carbons (Fsp3) is 0.412. The molecule has 3 rings (SSSR count). The Kier molecular flexibility index (Phi) is 5.84. The van der Waals surface area contributed by atoms with E-state index in [1.807, 2.05) is 31.2 Å². The van der Waals surface area contributed by atoms with Crippen LogP contribution in [0.3, 0.4) is 0 Å². The lowest BCUT2D eigenvalue weighted by Crippen LogP contribution is -2.41. The molecule has 2 heterocycles. The number of halogens is 1. The van der Waals surface area contributed by atoms with Crippen LogP contribution in [0.4, 0.5) is 0 Å². The maximum absolute atomic E-state index is 12.4. The van der Waals surface area contributed by atoms with E-state index in [1.54, 1.807) is 0 Å². The molecule has 0 saturated carbocycles. The van der Waals surface area contributed by atoms with Gasteiger partial charge in [0, 0.05) is 36.8 Å². The fourth-order valence-electron chi connectivity index (χ4n) is 2.58. The Morgan fingerprint density at radius 3 is 2.96 bits per heavy atom. The van der Waals surface area contributed by atoms with Gasteiger partial charge in [0.2, 0.25) is 0 Å². The molecule has 0 unspecified atom stereocenters. The first kappa shape index (κ1) is 17.4. The number of thiazole rings is 1. The highest BCUT2D eigenvalue weighted by Crippen LogP contribution is 2.29. The molecular formula is C17H20ClN3O2S. The maximum atomic E-state index is 12.4. The van der Waals surface area contributed by atoms with Crippen LogP contribution in [0.2, 0.25) is 5.02 Å². The van der Waals surface area contributed by atoms with Crippen molar-refractivity contribution in [2.24, 2.45) is 0 Å². The van der Waals surface area contributed by atoms with Crippen LogP contribution >= 0.6 is 22.9 Å². The number of hydrogen-bond donors (Lipinski definition) is 1. The van der Waals surface area contributed by atoms with Crippen LogP contribution in [0.15, 0.2) is 24.3 Å². The number of benzene rings is 1. The molecule has 0 aliphatic carbocycles. The van der Waals surface area contributed by atoms with Crippen LogP contribution < -0.4 is 5.32 Å². The Hall–Kier alpha value is -1.47. The number of carbonyl (C=O) groups is 1. The number of rotatable bonds is 5. The molecule has 1 aromatic heterocycles. The molecular weight excluding hydrogens is 346 g/mol. The lowest BCUT2D eigenvalue weighted by atomic mass is 10.2. The van der Waals surface area contributed by atoms with Crippen molar-refractivity contribution in [3.8, 4) is 10.6 Å². The average Bonchev–Trinajstić information content (AvgIpc) is 2.98. The van der Waals surface area contributed by atoms with Crippen molar-refractivity contribution < 1.29 is 9.53 Å². The zero-order valence-electron chi connectivity index (χ0n) is 13.5. The summed E-state index contributed by atoms with van der Waals surface area (Å²) in [5.74, 6) is -0.0634. The Morgan fingerprint density at radius 2 is 2.21 bits per heavy atom. The smallest absolute Gasteiger partial charge is 0.263 e. The molecule has 2 aromatic rings. The van der Waals surface area contributed by atoms with Crippen LogP contribution in [0.1, 0.15) is 15.4 Å². The van der Waals surface area contributed by atoms with Gasteiger partial charge < -0.3 is 10.1 Å². The third kappa shape index (κ3) is 4.33. The first-order valence-electron chi connectivity index (χ1n) is 7.95. The Morgan fingerprint density at radius 1 is 1.42 bits per heavy atom. The minimum atomic E-state index is -0.0634. The predicted molar refractivity (Wildman–Crippen MR) is 96.9 cm³/mol. The van der Waals surface area contributed by atoms with E-state index in [0.717, 1.165) is 49.1 Å². The van der Waals surface area contributed by atoms with Crippen molar-refractivity contribution in [3.63, 3.8) is 0 Å². The molecule has 5 nitrogen and oxygen atoms in total. The van der Waals surface area contributed by atoms with E-state index >= 15 is 0 Å². The van der Waals surface area contributed by atoms with Crippen molar-refractivity contribution in [2.75, 3.05) is 39.4 Å². The van der Waals surface area contributed by atoms with Crippen molar-refractivity contribution in [3.05, 3.63) is 39.9 Å². The summed E-state index contributed by atoms with van der Waals surface area (Å²) in [6, 6.07) is 7.52. The second-order valence-electron chi connectivity index (χ2n) is 5.65. The van der Waals surface area contributed by atoms with E-state index in [2.05, 4.69) is 15.2 Å². The lowest BCUT2D eigenvalue weighted by molar-refractivity contribution is 0.0383. The van der Waals surface area contributed by atoms with Crippen LogP contribution in [0, 0.1) is 6.92 Å². The lowest BCUT2D eigenvalue weighted by Gasteiger charge is -2.26. The number of morpholine rings is 1. The Bertz CT molecular complexity index is 714. The quantitative estimate of drug-likeness (QED) is 0.885. The van der Waals surface area contributed by atoms with Crippen LogP contribution in [0.5, 0.6) is 0 Å². The van der Waals surface area contributed by atoms with E-state index < -0.39 is 0 Å². The number of nitrogens with one attached hydrogen (secondary N) is 1. The summed E-state index contributed by atoms with van der Waals surface area (Å²) >= 11 is 7.43. The summed E-state index contributed by atoms with van der Waals surface area (Å²) < 4.78 is 5.32. The first-order valence-corrected chi connectivity index (χ1v) is 9.14. The summed E-state index contributed by atoms with van der Waals surface area (Å²) in [4.78, 5) is 19.9. The summed E-state index contributed by atoms with van der Waals surface area (Å²) in [7, 11) is 0. The highest BCUT2D eigenvalue weighted by atomic mass is 35.5. The number of aromatic nitrogens is 1. The molecule has 7 heteroatoms. The summed E-state index contributed by atoms with van der Waals surface area (Å²) in [5, 5.41) is 4.46. The third-order valence-corrected chi connectivity index (χ3v) is 5.33. The van der Waals surface area contributed by atoms with Gasteiger partial charge >= 0.3 is 0 Å². The zero-order valence-corrected chi connectivity index (χ0v) is 15.1. The Balaban J connectivity index is 1.60. The monoisotopic (exact) mass is 365 g/mol. The molecule has 24 heavy (non-hydrogen) atoms.